The van der Waals surface area contributed by atoms with Crippen LogP contribution in [0.3, 0.4) is 0 Å². The lowest BCUT2D eigenvalue weighted by Gasteiger charge is -2.33. The summed E-state index contributed by atoms with van der Waals surface area (Å²) in [5.41, 5.74) is 9.89. The Kier molecular flexibility index (Phi) is 9.56. The summed E-state index contributed by atoms with van der Waals surface area (Å²) in [4.78, 5) is 43.2. The number of benzene rings is 2. The van der Waals surface area contributed by atoms with Gasteiger partial charge in [0.15, 0.2) is 6.04 Å². The average Bonchev–Trinajstić information content (AvgIpc) is 3.37. The molecule has 0 bridgehead atoms. The van der Waals surface area contributed by atoms with Gasteiger partial charge in [-0.3, -0.25) is 15.3 Å². The van der Waals surface area contributed by atoms with E-state index >= 15 is 0 Å². The smallest absolute Gasteiger partial charge is 0.331 e. The Morgan fingerprint density at radius 1 is 0.973 bits per heavy atom. The number of quaternary nitrogens is 1. The molecule has 0 unspecified atom stereocenters. The molecule has 0 saturated carbocycles. The summed E-state index contributed by atoms with van der Waals surface area (Å²) in [7, 11) is 3.19. The van der Waals surface area contributed by atoms with Crippen molar-refractivity contribution in [2.75, 3.05) is 27.3 Å². The second-order valence-corrected chi connectivity index (χ2v) is 11.1. The van der Waals surface area contributed by atoms with Crippen LogP contribution in [0.25, 0.3) is 10.8 Å². The predicted molar refractivity (Wildman–Crippen MR) is 146 cm³/mol. The summed E-state index contributed by atoms with van der Waals surface area (Å²) < 4.78 is 5.53. The number of amides is 3. The maximum atomic E-state index is 13.9. The Hall–Kier alpha value is -3.11. The predicted octanol–water partition coefficient (Wildman–Crippen LogP) is 1.86. The number of nitrogens with two attached hydrogens (primary N) is 1. The first-order chi connectivity index (χ1) is 17.5. The van der Waals surface area contributed by atoms with Crippen LogP contribution in [0.4, 0.5) is 0 Å². The molecule has 2 atom stereocenters. The van der Waals surface area contributed by atoms with E-state index in [4.69, 9.17) is 10.5 Å². The van der Waals surface area contributed by atoms with Crippen molar-refractivity contribution in [2.45, 2.75) is 44.3 Å². The van der Waals surface area contributed by atoms with Gasteiger partial charge in [0.05, 0.1) is 6.61 Å². The second-order valence-electron chi connectivity index (χ2n) is 10.1. The molecule has 0 fully saturated rings. The molecule has 1 aromatic heterocycles. The van der Waals surface area contributed by atoms with Crippen LogP contribution in [0.5, 0.6) is 0 Å². The van der Waals surface area contributed by atoms with Crippen LogP contribution < -0.4 is 11.5 Å². The van der Waals surface area contributed by atoms with Crippen molar-refractivity contribution in [1.82, 2.24) is 9.80 Å². The van der Waals surface area contributed by atoms with E-state index in [1.165, 1.54) is 21.1 Å². The van der Waals surface area contributed by atoms with Gasteiger partial charge in [-0.15, -0.1) is 11.3 Å². The number of nitrogens with zero attached hydrogens (tertiary/aromatic N) is 2. The van der Waals surface area contributed by atoms with Crippen molar-refractivity contribution in [3.05, 3.63) is 70.4 Å². The van der Waals surface area contributed by atoms with Crippen molar-refractivity contribution < 1.29 is 24.9 Å². The highest BCUT2D eigenvalue weighted by molar-refractivity contribution is 7.09. The first-order valence-corrected chi connectivity index (χ1v) is 13.1. The zero-order valence-corrected chi connectivity index (χ0v) is 22.8. The maximum absolute atomic E-state index is 13.9. The van der Waals surface area contributed by atoms with Crippen LogP contribution in [0.1, 0.15) is 24.3 Å². The number of carbonyl (C=O) groups is 3. The van der Waals surface area contributed by atoms with Gasteiger partial charge in [-0.05, 0) is 41.6 Å². The quantitative estimate of drug-likeness (QED) is 0.374. The van der Waals surface area contributed by atoms with E-state index in [0.29, 0.717) is 6.42 Å². The molecular weight excluding hydrogens is 488 g/mol. The van der Waals surface area contributed by atoms with Gasteiger partial charge in [-0.2, -0.15) is 0 Å². The van der Waals surface area contributed by atoms with Crippen LogP contribution in [0, 0.1) is 0 Å². The van der Waals surface area contributed by atoms with E-state index in [-0.39, 0.29) is 37.4 Å². The molecule has 198 valence electrons. The van der Waals surface area contributed by atoms with Gasteiger partial charge in [0.2, 0.25) is 11.8 Å². The van der Waals surface area contributed by atoms with E-state index < -0.39 is 17.6 Å². The van der Waals surface area contributed by atoms with Gasteiger partial charge in [0.25, 0.3) is 0 Å². The van der Waals surface area contributed by atoms with Crippen LogP contribution in [-0.4, -0.2) is 72.5 Å². The molecule has 3 rings (SSSR count). The third kappa shape index (κ3) is 7.93. The minimum absolute atomic E-state index is 0.199. The Balaban J connectivity index is 1.86. The highest BCUT2D eigenvalue weighted by Gasteiger charge is 2.35. The van der Waals surface area contributed by atoms with Crippen molar-refractivity contribution in [1.29, 1.82) is 0 Å². The molecule has 2 aromatic carbocycles. The number of carbonyl (C=O) groups excluding carboxylic acids is 3. The fraction of sp³-hybridized carbons (Fsp3) is 0.393. The molecule has 1 heterocycles. The molecule has 0 aliphatic carbocycles. The van der Waals surface area contributed by atoms with Gasteiger partial charge in [-0.1, -0.05) is 48.5 Å². The number of ether oxygens (including phenoxy) is 1. The number of hydrogen-bond donors (Lipinski definition) is 2. The largest absolute Gasteiger partial charge is 0.370 e. The van der Waals surface area contributed by atoms with E-state index in [0.717, 1.165) is 21.2 Å². The fourth-order valence-electron chi connectivity index (χ4n) is 4.13. The third-order valence-electron chi connectivity index (χ3n) is 6.25. The minimum Gasteiger partial charge on any atom is -0.370 e. The molecule has 0 radical (unpaired) electrons. The van der Waals surface area contributed by atoms with Gasteiger partial charge < -0.3 is 20.3 Å². The lowest BCUT2D eigenvalue weighted by molar-refractivity contribution is -0.311. The highest BCUT2D eigenvalue weighted by Crippen LogP contribution is 2.20. The summed E-state index contributed by atoms with van der Waals surface area (Å²) in [6.07, 6.45) is 0.660. The topological polar surface area (TPSA) is 121 Å². The van der Waals surface area contributed by atoms with E-state index in [1.807, 2.05) is 73.8 Å². The molecule has 37 heavy (non-hydrogen) atoms. The van der Waals surface area contributed by atoms with Gasteiger partial charge in [0.1, 0.15) is 12.6 Å². The van der Waals surface area contributed by atoms with Crippen molar-refractivity contribution in [2.24, 2.45) is 5.73 Å². The normalized spacial score (nSPS) is 13.2. The van der Waals surface area contributed by atoms with Crippen LogP contribution >= 0.6 is 11.3 Å². The number of thiophene rings is 1. The summed E-state index contributed by atoms with van der Waals surface area (Å²) in [5, 5.41) is 4.07. The Morgan fingerprint density at radius 2 is 1.68 bits per heavy atom. The lowest BCUT2D eigenvalue weighted by Crippen LogP contribution is -2.68. The average molecular weight is 526 g/mol. The van der Waals surface area contributed by atoms with Crippen LogP contribution in [0.2, 0.25) is 0 Å². The maximum Gasteiger partial charge on any atom is 0.331 e. The third-order valence-corrected chi connectivity index (χ3v) is 7.15. The molecule has 8 nitrogen and oxygen atoms in total. The number of likely N-dealkylation sites (N-methyl/N-ethyl adjacent to an activating group) is 2. The zero-order valence-electron chi connectivity index (χ0n) is 22.0. The van der Waals surface area contributed by atoms with Gasteiger partial charge in [0, 0.05) is 37.4 Å². The number of rotatable bonds is 12. The Morgan fingerprint density at radius 3 is 2.30 bits per heavy atom. The van der Waals surface area contributed by atoms with Gasteiger partial charge in [-0.25, -0.2) is 4.79 Å². The number of hydrogen-bond acceptors (Lipinski definition) is 6. The molecule has 0 spiro atoms. The SMILES string of the molecule is CN(C(=O)COCC(C)(C)N)[C@H](Cc1ccc2ccccc2c1)C(=O)N(C)[C@H](Cc1cccs1)C([NH3+])=O. The summed E-state index contributed by atoms with van der Waals surface area (Å²) in [6, 6.07) is 16.2. The highest BCUT2D eigenvalue weighted by atomic mass is 32.1. The summed E-state index contributed by atoms with van der Waals surface area (Å²) in [5.74, 6) is -1.02. The summed E-state index contributed by atoms with van der Waals surface area (Å²) in [6.45, 7) is 3.63. The van der Waals surface area contributed by atoms with E-state index in [2.05, 4.69) is 5.73 Å². The Bertz CT molecular complexity index is 1220. The molecule has 0 aliphatic heterocycles. The van der Waals surface area contributed by atoms with Crippen molar-refractivity contribution in [3.63, 3.8) is 0 Å². The van der Waals surface area contributed by atoms with E-state index in [1.54, 1.807) is 14.1 Å². The molecule has 9 heteroatoms. The molecule has 3 amide bonds. The standard InChI is InChI=1S/C28H36N4O4S/c1-28(2,30)18-36-17-25(33)31(3)24(15-19-11-12-20-8-5-6-9-21(20)14-19)27(35)32(4)23(26(29)34)16-22-10-7-13-37-22/h5-14,23-24H,15-18,30H2,1-4H3,(H2,29,34)/p+1/t23-,24-/m1/s1. The summed E-state index contributed by atoms with van der Waals surface area (Å²) >= 11 is 1.52. The molecule has 3 aromatic rings. The van der Waals surface area contributed by atoms with Crippen molar-refractivity contribution in [3.8, 4) is 0 Å². The molecule has 0 saturated heterocycles. The van der Waals surface area contributed by atoms with Crippen LogP contribution in [0.15, 0.2) is 60.0 Å². The molecular formula is C28H37N4O4S+. The second kappa shape index (κ2) is 12.4. The van der Waals surface area contributed by atoms with Crippen LogP contribution in [-0.2, 0) is 32.0 Å². The lowest BCUT2D eigenvalue weighted by atomic mass is 9.99. The minimum atomic E-state index is -0.835. The van der Waals surface area contributed by atoms with E-state index in [9.17, 15) is 14.4 Å². The first-order valence-electron chi connectivity index (χ1n) is 12.2. The molecule has 5 N–H and O–H groups in total. The monoisotopic (exact) mass is 525 g/mol. The number of fused-ring (bicyclic) bond motifs is 1. The van der Waals surface area contributed by atoms with Gasteiger partial charge >= 0.3 is 5.91 Å². The van der Waals surface area contributed by atoms with Crippen molar-refractivity contribution >= 4 is 39.8 Å². The molecule has 0 aliphatic rings. The fourth-order valence-corrected chi connectivity index (χ4v) is 4.87. The Labute approximate surface area is 222 Å². The first kappa shape index (κ1) is 28.5. The zero-order chi connectivity index (χ0) is 27.2.